The Morgan fingerprint density at radius 2 is 2.00 bits per heavy atom. The molecule has 0 saturated carbocycles. The Hall–Kier alpha value is -2.03. The normalized spacial score (nSPS) is 11.5. The second-order valence-corrected chi connectivity index (χ2v) is 4.46. The van der Waals surface area contributed by atoms with Crippen LogP contribution >= 0.6 is 0 Å². The Bertz CT molecular complexity index is 361. The van der Waals surface area contributed by atoms with Crippen LogP contribution in [0.2, 0.25) is 0 Å². The van der Waals surface area contributed by atoms with E-state index in [1.165, 1.54) is 6.20 Å². The first-order valence-electron chi connectivity index (χ1n) is 5.14. The monoisotopic (exact) mass is 239 g/mol. The molecule has 0 aromatic carbocycles. The van der Waals surface area contributed by atoms with Gasteiger partial charge in [0, 0.05) is 18.3 Å². The van der Waals surface area contributed by atoms with Crippen molar-refractivity contribution in [2.75, 3.05) is 6.54 Å². The van der Waals surface area contributed by atoms with Gasteiger partial charge < -0.3 is 15.7 Å². The molecule has 0 atom stereocenters. The van der Waals surface area contributed by atoms with Crippen molar-refractivity contribution in [3.63, 3.8) is 0 Å². The van der Waals surface area contributed by atoms with E-state index in [9.17, 15) is 9.59 Å². The molecule has 17 heavy (non-hydrogen) atoms. The fourth-order valence-electron chi connectivity index (χ4n) is 0.815. The van der Waals surface area contributed by atoms with Crippen LogP contribution in [0, 0.1) is 11.3 Å². The van der Waals surface area contributed by atoms with Crippen molar-refractivity contribution in [1.82, 2.24) is 10.6 Å². The Kier molecular flexibility index (Phi) is 5.75. The summed E-state index contributed by atoms with van der Waals surface area (Å²) in [5.41, 5.74) is -0.325. The summed E-state index contributed by atoms with van der Waals surface area (Å²) in [5, 5.41) is 22.4. The average molecular weight is 239 g/mol. The lowest BCUT2D eigenvalue weighted by Gasteiger charge is -2.18. The van der Waals surface area contributed by atoms with Crippen LogP contribution in [-0.2, 0) is 9.59 Å². The van der Waals surface area contributed by atoms with E-state index in [4.69, 9.17) is 10.4 Å². The lowest BCUT2D eigenvalue weighted by Crippen LogP contribution is -2.33. The quantitative estimate of drug-likeness (QED) is 0.475. The van der Waals surface area contributed by atoms with E-state index in [-0.39, 0.29) is 24.1 Å². The molecule has 0 fully saturated rings. The Balaban J connectivity index is 4.33. The van der Waals surface area contributed by atoms with Crippen molar-refractivity contribution in [2.24, 2.45) is 0 Å². The minimum Gasteiger partial charge on any atom is -0.481 e. The van der Waals surface area contributed by atoms with Gasteiger partial charge in [0.15, 0.2) is 0 Å². The van der Waals surface area contributed by atoms with Crippen LogP contribution in [0.4, 0.5) is 0 Å². The molecule has 1 amide bonds. The van der Waals surface area contributed by atoms with Gasteiger partial charge in [-0.25, -0.2) is 0 Å². The van der Waals surface area contributed by atoms with Crippen molar-refractivity contribution in [3.8, 4) is 6.07 Å². The number of carboxylic acids is 1. The van der Waals surface area contributed by atoms with E-state index in [0.717, 1.165) is 0 Å². The molecule has 0 radical (unpaired) electrons. The van der Waals surface area contributed by atoms with Gasteiger partial charge in [-0.2, -0.15) is 5.26 Å². The molecule has 0 rings (SSSR count). The second-order valence-electron chi connectivity index (χ2n) is 4.46. The van der Waals surface area contributed by atoms with E-state index in [2.05, 4.69) is 10.6 Å². The number of nitrogens with zero attached hydrogens (tertiary/aromatic N) is 1. The molecule has 6 nitrogen and oxygen atoms in total. The van der Waals surface area contributed by atoms with Crippen LogP contribution in [0.25, 0.3) is 0 Å². The standard InChI is InChI=1S/C11H17N3O3/c1-11(2,3)14-7-8(6-12)10(17)13-5-4-9(15)16/h7,14H,4-5H2,1-3H3,(H,13,17)(H,15,16)/b8-7-. The number of carbonyl (C=O) groups is 2. The summed E-state index contributed by atoms with van der Waals surface area (Å²) in [6.07, 6.45) is 1.16. The van der Waals surface area contributed by atoms with Gasteiger partial charge in [-0.3, -0.25) is 9.59 Å². The molecule has 0 unspecified atom stereocenters. The molecule has 0 aromatic heterocycles. The zero-order valence-electron chi connectivity index (χ0n) is 10.2. The van der Waals surface area contributed by atoms with Crippen LogP contribution < -0.4 is 10.6 Å². The lowest BCUT2D eigenvalue weighted by atomic mass is 10.1. The van der Waals surface area contributed by atoms with Gasteiger partial charge in [0.1, 0.15) is 11.6 Å². The highest BCUT2D eigenvalue weighted by Crippen LogP contribution is 2.00. The molecule has 0 aliphatic rings. The van der Waals surface area contributed by atoms with E-state index >= 15 is 0 Å². The molecule has 3 N–H and O–H groups in total. The molecule has 6 heteroatoms. The summed E-state index contributed by atoms with van der Waals surface area (Å²) in [7, 11) is 0. The van der Waals surface area contributed by atoms with Gasteiger partial charge in [0.25, 0.3) is 5.91 Å². The molecule has 94 valence electrons. The third-order valence-corrected chi connectivity index (χ3v) is 1.64. The largest absolute Gasteiger partial charge is 0.481 e. The Labute approximate surface area is 100 Å². The predicted octanol–water partition coefficient (Wildman–Crippen LogP) is 0.373. The van der Waals surface area contributed by atoms with Gasteiger partial charge >= 0.3 is 5.97 Å². The molecule has 0 aliphatic carbocycles. The summed E-state index contributed by atoms with van der Waals surface area (Å²) in [6, 6.07) is 1.75. The lowest BCUT2D eigenvalue weighted by molar-refractivity contribution is -0.136. The fraction of sp³-hybridized carbons (Fsp3) is 0.545. The van der Waals surface area contributed by atoms with Crippen molar-refractivity contribution >= 4 is 11.9 Å². The topological polar surface area (TPSA) is 102 Å². The maximum absolute atomic E-state index is 11.4. The summed E-state index contributed by atoms with van der Waals surface area (Å²) < 4.78 is 0. The first kappa shape index (κ1) is 15.0. The van der Waals surface area contributed by atoms with Gasteiger partial charge in [-0.1, -0.05) is 0 Å². The number of amides is 1. The Morgan fingerprint density at radius 1 is 1.41 bits per heavy atom. The summed E-state index contributed by atoms with van der Waals surface area (Å²) in [5.74, 6) is -1.58. The Morgan fingerprint density at radius 3 is 2.41 bits per heavy atom. The van der Waals surface area contributed by atoms with Gasteiger partial charge in [-0.05, 0) is 20.8 Å². The molecule has 0 heterocycles. The summed E-state index contributed by atoms with van der Waals surface area (Å²) in [4.78, 5) is 21.7. The molecular formula is C11H17N3O3. The number of carboxylic acid groups (broad SMARTS) is 1. The van der Waals surface area contributed by atoms with E-state index in [1.54, 1.807) is 6.07 Å². The van der Waals surface area contributed by atoms with Gasteiger partial charge in [0.05, 0.1) is 6.42 Å². The molecule has 0 spiro atoms. The third kappa shape index (κ3) is 7.85. The molecule has 0 aliphatic heterocycles. The molecular weight excluding hydrogens is 222 g/mol. The van der Waals surface area contributed by atoms with Crippen LogP contribution in [-0.4, -0.2) is 29.1 Å². The molecule has 0 bridgehead atoms. The van der Waals surface area contributed by atoms with E-state index in [1.807, 2.05) is 20.8 Å². The maximum Gasteiger partial charge on any atom is 0.305 e. The number of hydrogen-bond acceptors (Lipinski definition) is 4. The van der Waals surface area contributed by atoms with Crippen LogP contribution in [0.5, 0.6) is 0 Å². The molecule has 0 aromatic rings. The van der Waals surface area contributed by atoms with Crippen LogP contribution in [0.3, 0.4) is 0 Å². The number of rotatable bonds is 5. The highest BCUT2D eigenvalue weighted by atomic mass is 16.4. The van der Waals surface area contributed by atoms with Gasteiger partial charge in [-0.15, -0.1) is 0 Å². The first-order chi connectivity index (χ1) is 7.76. The first-order valence-corrected chi connectivity index (χ1v) is 5.14. The highest BCUT2D eigenvalue weighted by molar-refractivity contribution is 5.97. The smallest absolute Gasteiger partial charge is 0.305 e. The highest BCUT2D eigenvalue weighted by Gasteiger charge is 2.11. The minimum atomic E-state index is -0.999. The average Bonchev–Trinajstić information content (AvgIpc) is 2.16. The zero-order valence-corrected chi connectivity index (χ0v) is 10.2. The molecule has 0 saturated heterocycles. The van der Waals surface area contributed by atoms with Crippen molar-refractivity contribution in [2.45, 2.75) is 32.7 Å². The third-order valence-electron chi connectivity index (χ3n) is 1.64. The number of nitrogens with one attached hydrogen (secondary N) is 2. The number of aliphatic carboxylic acids is 1. The number of carbonyl (C=O) groups excluding carboxylic acids is 1. The number of hydrogen-bond donors (Lipinski definition) is 3. The van der Waals surface area contributed by atoms with E-state index in [0.29, 0.717) is 0 Å². The fourth-order valence-corrected chi connectivity index (χ4v) is 0.815. The van der Waals surface area contributed by atoms with Crippen molar-refractivity contribution in [3.05, 3.63) is 11.8 Å². The van der Waals surface area contributed by atoms with Crippen molar-refractivity contribution < 1.29 is 14.7 Å². The van der Waals surface area contributed by atoms with E-state index < -0.39 is 11.9 Å². The summed E-state index contributed by atoms with van der Waals surface area (Å²) in [6.45, 7) is 5.67. The van der Waals surface area contributed by atoms with Gasteiger partial charge in [0.2, 0.25) is 0 Å². The van der Waals surface area contributed by atoms with Crippen LogP contribution in [0.15, 0.2) is 11.8 Å². The van der Waals surface area contributed by atoms with Crippen molar-refractivity contribution in [1.29, 1.82) is 5.26 Å². The van der Waals surface area contributed by atoms with Crippen LogP contribution in [0.1, 0.15) is 27.2 Å². The maximum atomic E-state index is 11.4. The SMILES string of the molecule is CC(C)(C)N/C=C(/C#N)C(=O)NCCC(=O)O. The zero-order chi connectivity index (χ0) is 13.5. The minimum absolute atomic E-state index is 0.00268. The predicted molar refractivity (Wildman–Crippen MR) is 61.8 cm³/mol. The second kappa shape index (κ2) is 6.53. The summed E-state index contributed by atoms with van der Waals surface area (Å²) >= 11 is 0. The number of nitriles is 1.